The average Bonchev–Trinajstić information content (AvgIpc) is 2.47. The van der Waals surface area contributed by atoms with Crippen molar-refractivity contribution in [3.05, 3.63) is 42.5 Å². The molecular formula is C15H19FN4. The molecule has 1 heterocycles. The third-order valence-electron chi connectivity index (χ3n) is 2.87. The number of hydrogen-bond acceptors (Lipinski definition) is 4. The van der Waals surface area contributed by atoms with Gasteiger partial charge in [-0.15, -0.1) is 0 Å². The molecule has 0 aliphatic carbocycles. The lowest BCUT2D eigenvalue weighted by molar-refractivity contribution is 0.628. The molecule has 0 amide bonds. The Kier molecular flexibility index (Phi) is 5.29. The first-order valence-corrected chi connectivity index (χ1v) is 6.86. The maximum absolute atomic E-state index is 12.8. The standard InChI is InChI=1S/C15H19FN4/c1-2-3-4-9-17-14-10-15(19-11-18-14)20-13-7-5-12(16)6-8-13/h5-8,10-11H,2-4,9H2,1H3,(H2,17,18,19,20). The van der Waals surface area contributed by atoms with E-state index in [0.717, 1.165) is 24.5 Å². The Morgan fingerprint density at radius 1 is 1.05 bits per heavy atom. The van der Waals surface area contributed by atoms with Gasteiger partial charge in [0.15, 0.2) is 0 Å². The molecule has 106 valence electrons. The maximum atomic E-state index is 12.8. The normalized spacial score (nSPS) is 10.3. The fourth-order valence-corrected chi connectivity index (χ4v) is 1.79. The van der Waals surface area contributed by atoms with Crippen LogP contribution in [-0.2, 0) is 0 Å². The number of anilines is 3. The molecule has 0 aliphatic rings. The van der Waals surface area contributed by atoms with Gasteiger partial charge in [-0.1, -0.05) is 19.8 Å². The highest BCUT2D eigenvalue weighted by atomic mass is 19.1. The van der Waals surface area contributed by atoms with Crippen LogP contribution in [0.15, 0.2) is 36.7 Å². The highest BCUT2D eigenvalue weighted by Gasteiger charge is 1.99. The van der Waals surface area contributed by atoms with E-state index >= 15 is 0 Å². The van der Waals surface area contributed by atoms with Gasteiger partial charge in [0.25, 0.3) is 0 Å². The predicted octanol–water partition coefficient (Wildman–Crippen LogP) is 3.96. The van der Waals surface area contributed by atoms with Crippen molar-refractivity contribution >= 4 is 17.3 Å². The van der Waals surface area contributed by atoms with Crippen molar-refractivity contribution in [2.75, 3.05) is 17.2 Å². The molecule has 1 aromatic heterocycles. The quantitative estimate of drug-likeness (QED) is 0.750. The average molecular weight is 274 g/mol. The monoisotopic (exact) mass is 274 g/mol. The summed E-state index contributed by atoms with van der Waals surface area (Å²) in [5.74, 6) is 1.22. The highest BCUT2D eigenvalue weighted by molar-refractivity contribution is 5.58. The predicted molar refractivity (Wildman–Crippen MR) is 79.7 cm³/mol. The van der Waals surface area contributed by atoms with Crippen LogP contribution in [0.5, 0.6) is 0 Å². The van der Waals surface area contributed by atoms with E-state index < -0.39 is 0 Å². The Labute approximate surface area is 118 Å². The van der Waals surface area contributed by atoms with E-state index in [9.17, 15) is 4.39 Å². The Morgan fingerprint density at radius 2 is 1.80 bits per heavy atom. The number of unbranched alkanes of at least 4 members (excludes halogenated alkanes) is 2. The summed E-state index contributed by atoms with van der Waals surface area (Å²) < 4.78 is 12.8. The molecule has 1 aromatic carbocycles. The van der Waals surface area contributed by atoms with Crippen LogP contribution in [0.2, 0.25) is 0 Å². The fourth-order valence-electron chi connectivity index (χ4n) is 1.79. The largest absolute Gasteiger partial charge is 0.370 e. The molecule has 2 rings (SSSR count). The van der Waals surface area contributed by atoms with Gasteiger partial charge >= 0.3 is 0 Å². The second kappa shape index (κ2) is 7.43. The van der Waals surface area contributed by atoms with Crippen LogP contribution in [0.3, 0.4) is 0 Å². The van der Waals surface area contributed by atoms with Gasteiger partial charge < -0.3 is 10.6 Å². The summed E-state index contributed by atoms with van der Waals surface area (Å²) in [7, 11) is 0. The van der Waals surface area contributed by atoms with Crippen molar-refractivity contribution < 1.29 is 4.39 Å². The summed E-state index contributed by atoms with van der Waals surface area (Å²) in [6.45, 7) is 3.08. The molecule has 0 saturated heterocycles. The zero-order chi connectivity index (χ0) is 14.2. The van der Waals surface area contributed by atoms with Crippen LogP contribution in [0, 0.1) is 5.82 Å². The third-order valence-corrected chi connectivity index (χ3v) is 2.87. The van der Waals surface area contributed by atoms with Crippen LogP contribution in [0.4, 0.5) is 21.7 Å². The molecule has 0 radical (unpaired) electrons. The first-order chi connectivity index (χ1) is 9.78. The number of halogens is 1. The van der Waals surface area contributed by atoms with E-state index in [-0.39, 0.29) is 5.82 Å². The van der Waals surface area contributed by atoms with Crippen molar-refractivity contribution in [3.63, 3.8) is 0 Å². The molecule has 20 heavy (non-hydrogen) atoms. The lowest BCUT2D eigenvalue weighted by atomic mass is 10.2. The van der Waals surface area contributed by atoms with Crippen LogP contribution in [-0.4, -0.2) is 16.5 Å². The fraction of sp³-hybridized carbons (Fsp3) is 0.333. The van der Waals surface area contributed by atoms with Gasteiger partial charge in [0.2, 0.25) is 0 Å². The van der Waals surface area contributed by atoms with E-state index in [4.69, 9.17) is 0 Å². The summed E-state index contributed by atoms with van der Waals surface area (Å²) in [5.41, 5.74) is 0.794. The van der Waals surface area contributed by atoms with Crippen LogP contribution in [0.25, 0.3) is 0 Å². The molecule has 0 aliphatic heterocycles. The van der Waals surface area contributed by atoms with E-state index in [1.807, 2.05) is 6.07 Å². The lowest BCUT2D eigenvalue weighted by Crippen LogP contribution is -2.04. The molecular weight excluding hydrogens is 255 g/mol. The zero-order valence-corrected chi connectivity index (χ0v) is 11.6. The van der Waals surface area contributed by atoms with Gasteiger partial charge in [-0.3, -0.25) is 0 Å². The van der Waals surface area contributed by atoms with Crippen molar-refractivity contribution in [1.29, 1.82) is 0 Å². The van der Waals surface area contributed by atoms with Crippen LogP contribution in [0.1, 0.15) is 26.2 Å². The second-order valence-corrected chi connectivity index (χ2v) is 4.55. The van der Waals surface area contributed by atoms with Crippen molar-refractivity contribution in [2.45, 2.75) is 26.2 Å². The first-order valence-electron chi connectivity index (χ1n) is 6.86. The summed E-state index contributed by atoms with van der Waals surface area (Å²) in [6, 6.07) is 8.01. The van der Waals surface area contributed by atoms with E-state index in [1.165, 1.54) is 31.3 Å². The molecule has 0 atom stereocenters. The zero-order valence-electron chi connectivity index (χ0n) is 11.6. The maximum Gasteiger partial charge on any atom is 0.135 e. The molecule has 0 fully saturated rings. The first kappa shape index (κ1) is 14.2. The van der Waals surface area contributed by atoms with Gasteiger partial charge in [0, 0.05) is 18.3 Å². The Bertz CT molecular complexity index is 528. The molecule has 5 heteroatoms. The molecule has 0 bridgehead atoms. The van der Waals surface area contributed by atoms with E-state index in [2.05, 4.69) is 27.5 Å². The number of nitrogens with zero attached hydrogens (tertiary/aromatic N) is 2. The minimum atomic E-state index is -0.253. The van der Waals surface area contributed by atoms with E-state index in [0.29, 0.717) is 5.82 Å². The molecule has 0 saturated carbocycles. The summed E-state index contributed by atoms with van der Waals surface area (Å²) in [6.07, 6.45) is 5.04. The Hall–Kier alpha value is -2.17. The Balaban J connectivity index is 1.93. The smallest absolute Gasteiger partial charge is 0.135 e. The minimum absolute atomic E-state index is 0.253. The van der Waals surface area contributed by atoms with Gasteiger partial charge in [-0.25, -0.2) is 14.4 Å². The third kappa shape index (κ3) is 4.50. The summed E-state index contributed by atoms with van der Waals surface area (Å²) in [5, 5.41) is 6.38. The van der Waals surface area contributed by atoms with Gasteiger partial charge in [0.1, 0.15) is 23.8 Å². The van der Waals surface area contributed by atoms with Crippen molar-refractivity contribution in [2.24, 2.45) is 0 Å². The second-order valence-electron chi connectivity index (χ2n) is 4.55. The van der Waals surface area contributed by atoms with Crippen LogP contribution < -0.4 is 10.6 Å². The number of aromatic nitrogens is 2. The number of rotatable bonds is 7. The number of benzene rings is 1. The van der Waals surface area contributed by atoms with E-state index in [1.54, 1.807) is 12.1 Å². The van der Waals surface area contributed by atoms with Gasteiger partial charge in [0.05, 0.1) is 0 Å². The van der Waals surface area contributed by atoms with Gasteiger partial charge in [-0.2, -0.15) is 0 Å². The van der Waals surface area contributed by atoms with Crippen molar-refractivity contribution in [1.82, 2.24) is 9.97 Å². The Morgan fingerprint density at radius 3 is 2.55 bits per heavy atom. The lowest BCUT2D eigenvalue weighted by Gasteiger charge is -2.08. The molecule has 0 spiro atoms. The topological polar surface area (TPSA) is 49.8 Å². The number of hydrogen-bond donors (Lipinski definition) is 2. The van der Waals surface area contributed by atoms with Crippen molar-refractivity contribution in [3.8, 4) is 0 Å². The van der Waals surface area contributed by atoms with Gasteiger partial charge in [-0.05, 0) is 30.7 Å². The van der Waals surface area contributed by atoms with Crippen LogP contribution >= 0.6 is 0 Å². The molecule has 4 nitrogen and oxygen atoms in total. The summed E-state index contributed by atoms with van der Waals surface area (Å²) in [4.78, 5) is 8.32. The molecule has 0 unspecified atom stereocenters. The number of nitrogens with one attached hydrogen (secondary N) is 2. The highest BCUT2D eigenvalue weighted by Crippen LogP contribution is 2.16. The SMILES string of the molecule is CCCCCNc1cc(Nc2ccc(F)cc2)ncn1. The molecule has 2 aromatic rings. The minimum Gasteiger partial charge on any atom is -0.370 e. The summed E-state index contributed by atoms with van der Waals surface area (Å²) >= 11 is 0. The molecule has 2 N–H and O–H groups in total.